The zero-order chi connectivity index (χ0) is 18.1. The average Bonchev–Trinajstić information content (AvgIpc) is 2.51. The summed E-state index contributed by atoms with van der Waals surface area (Å²) in [5.41, 5.74) is 0. The zero-order valence-electron chi connectivity index (χ0n) is 13.4. The largest absolute Gasteiger partial charge is 0.341 e. The third kappa shape index (κ3) is 3.94. The Morgan fingerprint density at radius 3 is 2.08 bits per heavy atom. The summed E-state index contributed by atoms with van der Waals surface area (Å²) in [5.74, 6) is -2.94. The second kappa shape index (κ2) is 7.05. The van der Waals surface area contributed by atoms with Crippen LogP contribution in [0.3, 0.4) is 0 Å². The van der Waals surface area contributed by atoms with Crippen LogP contribution in [0.4, 0.5) is 8.78 Å². The lowest BCUT2D eigenvalue weighted by molar-refractivity contribution is 0.227. The van der Waals surface area contributed by atoms with Crippen LogP contribution in [0.2, 0.25) is 0 Å². The van der Waals surface area contributed by atoms with Crippen LogP contribution in [-0.4, -0.2) is 28.6 Å². The minimum absolute atomic E-state index is 0.138. The number of rotatable bonds is 5. The van der Waals surface area contributed by atoms with E-state index < -0.39 is 30.5 Å². The molecule has 1 aromatic carbocycles. The first kappa shape index (κ1) is 19.3. The van der Waals surface area contributed by atoms with Gasteiger partial charge in [0.25, 0.3) is 0 Å². The Balaban J connectivity index is 2.21. The van der Waals surface area contributed by atoms with Gasteiger partial charge >= 0.3 is 5.76 Å². The molecule has 3 unspecified atom stereocenters. The molecule has 1 saturated carbocycles. The van der Waals surface area contributed by atoms with Crippen LogP contribution in [0.15, 0.2) is 34.1 Å². The van der Waals surface area contributed by atoms with Crippen molar-refractivity contribution < 1.29 is 25.6 Å². The lowest BCUT2D eigenvalue weighted by atomic mass is 9.78. The molecule has 0 aliphatic heterocycles. The van der Waals surface area contributed by atoms with Gasteiger partial charge in [-0.2, -0.15) is 8.78 Å². The molecule has 1 fully saturated rings. The van der Waals surface area contributed by atoms with Gasteiger partial charge in [-0.05, 0) is 42.5 Å². The van der Waals surface area contributed by atoms with Crippen molar-refractivity contribution in [2.75, 3.05) is 0 Å². The second-order valence-corrected chi connectivity index (χ2v) is 9.90. The van der Waals surface area contributed by atoms with Crippen LogP contribution in [0.25, 0.3) is 0 Å². The Kier molecular flexibility index (Phi) is 5.66. The molecule has 9 heteroatoms. The molecule has 0 amide bonds. The molecule has 0 heterocycles. The minimum Gasteiger partial charge on any atom is -0.218 e. The van der Waals surface area contributed by atoms with E-state index in [1.54, 1.807) is 0 Å². The summed E-state index contributed by atoms with van der Waals surface area (Å²) in [6, 6.07) is 3.66. The van der Waals surface area contributed by atoms with Crippen LogP contribution >= 0.6 is 0 Å². The first-order valence-electron chi connectivity index (χ1n) is 7.70. The summed E-state index contributed by atoms with van der Waals surface area (Å²) in [6.07, 6.45) is 2.73. The van der Waals surface area contributed by atoms with E-state index in [0.29, 0.717) is 5.92 Å². The van der Waals surface area contributed by atoms with Gasteiger partial charge in [0.1, 0.15) is 0 Å². The van der Waals surface area contributed by atoms with E-state index in [1.165, 1.54) is 0 Å². The van der Waals surface area contributed by atoms with Crippen LogP contribution in [0.1, 0.15) is 33.1 Å². The van der Waals surface area contributed by atoms with E-state index in [4.69, 9.17) is 0 Å². The van der Waals surface area contributed by atoms with E-state index in [2.05, 4.69) is 11.6 Å². The topological polar surface area (TPSA) is 80.3 Å². The molecule has 1 aromatic rings. The summed E-state index contributed by atoms with van der Waals surface area (Å²) in [4.78, 5) is -0.739. The van der Waals surface area contributed by atoms with Crippen molar-refractivity contribution in [3.63, 3.8) is 0 Å². The first-order chi connectivity index (χ1) is 11.1. The zero-order valence-corrected chi connectivity index (χ0v) is 15.1. The van der Waals surface area contributed by atoms with Crippen LogP contribution in [0, 0.1) is 11.8 Å². The van der Waals surface area contributed by atoms with Crippen molar-refractivity contribution in [1.82, 2.24) is 4.72 Å². The Hall–Kier alpha value is -1.06. The fraction of sp³-hybridized carbons (Fsp3) is 0.600. The highest BCUT2D eigenvalue weighted by atomic mass is 32.2. The molecule has 0 bridgehead atoms. The van der Waals surface area contributed by atoms with Gasteiger partial charge in [-0.15, -0.1) is 0 Å². The summed E-state index contributed by atoms with van der Waals surface area (Å²) in [7, 11) is -8.56. The fourth-order valence-electron chi connectivity index (χ4n) is 2.93. The van der Waals surface area contributed by atoms with Gasteiger partial charge in [0, 0.05) is 6.04 Å². The number of halogens is 2. The quantitative estimate of drug-likeness (QED) is 0.850. The van der Waals surface area contributed by atoms with E-state index in [9.17, 15) is 25.6 Å². The Bertz CT molecular complexity index is 776. The molecule has 0 radical (unpaired) electrons. The number of benzene rings is 1. The van der Waals surface area contributed by atoms with E-state index in [1.807, 2.05) is 6.92 Å². The average molecular weight is 381 g/mol. The molecule has 1 aliphatic rings. The number of hydrogen-bond acceptors (Lipinski definition) is 4. The Labute approximate surface area is 141 Å². The summed E-state index contributed by atoms with van der Waals surface area (Å²) < 4.78 is 75.3. The van der Waals surface area contributed by atoms with Gasteiger partial charge in [0.15, 0.2) is 0 Å². The molecule has 1 N–H and O–H groups in total. The van der Waals surface area contributed by atoms with Gasteiger partial charge in [-0.3, -0.25) is 0 Å². The third-order valence-electron chi connectivity index (χ3n) is 4.71. The van der Waals surface area contributed by atoms with E-state index >= 15 is 0 Å². The number of hydrogen-bond donors (Lipinski definition) is 1. The fourth-order valence-corrected chi connectivity index (χ4v) is 5.01. The molecule has 0 saturated heterocycles. The maximum Gasteiger partial charge on any atom is 0.341 e. The van der Waals surface area contributed by atoms with Crippen molar-refractivity contribution in [3.8, 4) is 0 Å². The Morgan fingerprint density at radius 2 is 1.54 bits per heavy atom. The second-order valence-electron chi connectivity index (χ2n) is 6.27. The van der Waals surface area contributed by atoms with Crippen LogP contribution in [0.5, 0.6) is 0 Å². The van der Waals surface area contributed by atoms with Crippen molar-refractivity contribution in [3.05, 3.63) is 24.3 Å². The molecule has 5 nitrogen and oxygen atoms in total. The molecule has 24 heavy (non-hydrogen) atoms. The molecule has 3 atom stereocenters. The lowest BCUT2D eigenvalue weighted by Crippen LogP contribution is -2.43. The van der Waals surface area contributed by atoms with Crippen LogP contribution < -0.4 is 4.72 Å². The smallest absolute Gasteiger partial charge is 0.218 e. The highest BCUT2D eigenvalue weighted by Crippen LogP contribution is 2.30. The first-order valence-corrected chi connectivity index (χ1v) is 10.7. The molecule has 0 aromatic heterocycles. The molecule has 2 rings (SSSR count). The van der Waals surface area contributed by atoms with Gasteiger partial charge < -0.3 is 0 Å². The monoisotopic (exact) mass is 381 g/mol. The van der Waals surface area contributed by atoms with Gasteiger partial charge in [-0.25, -0.2) is 21.6 Å². The molecule has 136 valence electrons. The lowest BCUT2D eigenvalue weighted by Gasteiger charge is -2.34. The maximum absolute atomic E-state index is 12.5. The molecular weight excluding hydrogens is 360 g/mol. The molecule has 1 aliphatic carbocycles. The molecule has 0 spiro atoms. The Morgan fingerprint density at radius 1 is 1.00 bits per heavy atom. The van der Waals surface area contributed by atoms with Gasteiger partial charge in [-0.1, -0.05) is 26.7 Å². The van der Waals surface area contributed by atoms with Crippen LogP contribution in [-0.2, 0) is 19.9 Å². The minimum atomic E-state index is -4.73. The van der Waals surface area contributed by atoms with E-state index in [-0.39, 0.29) is 16.9 Å². The predicted octanol–water partition coefficient (Wildman–Crippen LogP) is 2.79. The summed E-state index contributed by atoms with van der Waals surface area (Å²) in [6.45, 7) is 4.07. The highest BCUT2D eigenvalue weighted by Gasteiger charge is 2.31. The number of nitrogens with one attached hydrogen (secondary N) is 1. The number of alkyl halides is 2. The highest BCUT2D eigenvalue weighted by molar-refractivity contribution is 7.91. The molecular formula is C15H21F2NO4S2. The SMILES string of the molecule is CC1CCCC(NS(=O)(=O)c2ccc(S(=O)(=O)C(F)F)cc2)C1C. The van der Waals surface area contributed by atoms with E-state index in [0.717, 1.165) is 43.5 Å². The third-order valence-corrected chi connectivity index (χ3v) is 7.61. The van der Waals surface area contributed by atoms with Crippen molar-refractivity contribution in [2.24, 2.45) is 11.8 Å². The maximum atomic E-state index is 12.5. The number of sulfone groups is 1. The summed E-state index contributed by atoms with van der Waals surface area (Å²) in [5, 5.41) is 0. The van der Waals surface area contributed by atoms with Gasteiger partial charge in [0.05, 0.1) is 9.79 Å². The summed E-state index contributed by atoms with van der Waals surface area (Å²) >= 11 is 0. The normalized spacial score (nSPS) is 25.8. The predicted molar refractivity (Wildman–Crippen MR) is 85.9 cm³/mol. The standard InChI is InChI=1S/C15H21F2NO4S2/c1-10-4-3-5-14(11(10)2)18-24(21,22)13-8-6-12(7-9-13)23(19,20)15(16)17/h6-11,14-15,18H,3-5H2,1-2H3. The van der Waals surface area contributed by atoms with Crippen molar-refractivity contribution in [1.29, 1.82) is 0 Å². The van der Waals surface area contributed by atoms with Gasteiger partial charge in [0.2, 0.25) is 19.9 Å². The number of sulfonamides is 1. The van der Waals surface area contributed by atoms with Crippen molar-refractivity contribution in [2.45, 2.75) is 54.7 Å². The van der Waals surface area contributed by atoms with Crippen molar-refractivity contribution >= 4 is 19.9 Å².